The molecule has 2 aromatic rings. The van der Waals surface area contributed by atoms with Gasteiger partial charge in [-0.05, 0) is 43.0 Å². The summed E-state index contributed by atoms with van der Waals surface area (Å²) >= 11 is 0. The first kappa shape index (κ1) is 16.1. The molecule has 0 saturated carbocycles. The number of hydrogen-bond acceptors (Lipinski definition) is 2. The zero-order valence-corrected chi connectivity index (χ0v) is 13.4. The van der Waals surface area contributed by atoms with E-state index in [1.807, 2.05) is 49.4 Å². The molecular formula is C19H23NO2. The third kappa shape index (κ3) is 4.62. The predicted molar refractivity (Wildman–Crippen MR) is 89.1 cm³/mol. The van der Waals surface area contributed by atoms with Crippen LogP contribution in [0.2, 0.25) is 0 Å². The van der Waals surface area contributed by atoms with Crippen LogP contribution in [0, 0.1) is 6.92 Å². The second-order valence-corrected chi connectivity index (χ2v) is 5.63. The summed E-state index contributed by atoms with van der Waals surface area (Å²) in [6.07, 6.45) is -0.509. The molecule has 2 rings (SSSR count). The summed E-state index contributed by atoms with van der Waals surface area (Å²) in [4.78, 5) is 12.1. The lowest BCUT2D eigenvalue weighted by Gasteiger charge is -2.17. The summed E-state index contributed by atoms with van der Waals surface area (Å²) in [7, 11) is 0. The minimum Gasteiger partial charge on any atom is -0.481 e. The van der Waals surface area contributed by atoms with E-state index in [9.17, 15) is 4.79 Å². The summed E-state index contributed by atoms with van der Waals surface area (Å²) < 4.78 is 5.68. The quantitative estimate of drug-likeness (QED) is 0.883. The van der Waals surface area contributed by atoms with Gasteiger partial charge in [-0.2, -0.15) is 0 Å². The van der Waals surface area contributed by atoms with Crippen LogP contribution in [0.4, 0.5) is 0 Å². The van der Waals surface area contributed by atoms with Crippen molar-refractivity contribution in [2.45, 2.75) is 32.8 Å². The van der Waals surface area contributed by atoms with Gasteiger partial charge >= 0.3 is 0 Å². The van der Waals surface area contributed by atoms with E-state index >= 15 is 0 Å². The molecule has 0 unspecified atom stereocenters. The fraction of sp³-hybridized carbons (Fsp3) is 0.316. The maximum atomic E-state index is 12.1. The molecule has 0 fully saturated rings. The first-order valence-electron chi connectivity index (χ1n) is 7.62. The van der Waals surface area contributed by atoms with E-state index in [1.165, 1.54) is 5.56 Å². The van der Waals surface area contributed by atoms with Crippen molar-refractivity contribution in [2.24, 2.45) is 0 Å². The normalized spacial score (nSPS) is 13.2. The van der Waals surface area contributed by atoms with Gasteiger partial charge in [-0.15, -0.1) is 0 Å². The first-order chi connectivity index (χ1) is 10.6. The number of nitrogens with one attached hydrogen (secondary N) is 1. The Hall–Kier alpha value is -2.29. The monoisotopic (exact) mass is 297 g/mol. The molecule has 0 bridgehead atoms. The van der Waals surface area contributed by atoms with Gasteiger partial charge < -0.3 is 10.1 Å². The highest BCUT2D eigenvalue weighted by Gasteiger charge is 2.15. The maximum absolute atomic E-state index is 12.1. The number of aryl methyl sites for hydroxylation is 1. The molecule has 1 amide bonds. The first-order valence-corrected chi connectivity index (χ1v) is 7.62. The van der Waals surface area contributed by atoms with Crippen LogP contribution in [-0.4, -0.2) is 18.6 Å². The molecule has 0 spiro atoms. The van der Waals surface area contributed by atoms with E-state index in [2.05, 4.69) is 24.4 Å². The van der Waals surface area contributed by atoms with Crippen molar-refractivity contribution in [1.82, 2.24) is 5.32 Å². The largest absolute Gasteiger partial charge is 0.481 e. The standard InChI is InChI=1S/C19H23NO2/c1-14-8-7-11-18(12-14)22-16(3)19(21)20-13-15(2)17-9-5-4-6-10-17/h4-12,15-16H,13H2,1-3H3,(H,20,21)/t15-,16+/m1/s1. The third-order valence-electron chi connectivity index (χ3n) is 3.62. The molecule has 1 N–H and O–H groups in total. The van der Waals surface area contributed by atoms with Crippen molar-refractivity contribution in [3.05, 3.63) is 65.7 Å². The summed E-state index contributed by atoms with van der Waals surface area (Å²) in [5.74, 6) is 0.902. The number of hydrogen-bond donors (Lipinski definition) is 1. The SMILES string of the molecule is Cc1cccc(O[C@@H](C)C(=O)NC[C@@H](C)c2ccccc2)c1. The van der Waals surface area contributed by atoms with Gasteiger partial charge in [-0.3, -0.25) is 4.79 Å². The second-order valence-electron chi connectivity index (χ2n) is 5.63. The van der Waals surface area contributed by atoms with Crippen molar-refractivity contribution in [1.29, 1.82) is 0 Å². The van der Waals surface area contributed by atoms with E-state index in [1.54, 1.807) is 6.92 Å². The van der Waals surface area contributed by atoms with Gasteiger partial charge in [0.25, 0.3) is 5.91 Å². The van der Waals surface area contributed by atoms with E-state index in [4.69, 9.17) is 4.74 Å². The van der Waals surface area contributed by atoms with Gasteiger partial charge in [0, 0.05) is 6.54 Å². The van der Waals surface area contributed by atoms with Crippen LogP contribution in [0.15, 0.2) is 54.6 Å². The highest BCUT2D eigenvalue weighted by Crippen LogP contribution is 2.15. The van der Waals surface area contributed by atoms with Crippen molar-refractivity contribution in [2.75, 3.05) is 6.54 Å². The lowest BCUT2D eigenvalue weighted by atomic mass is 10.0. The number of benzene rings is 2. The molecule has 0 heterocycles. The Morgan fingerprint density at radius 1 is 1.09 bits per heavy atom. The summed E-state index contributed by atoms with van der Waals surface area (Å²) in [5, 5.41) is 2.95. The molecule has 3 nitrogen and oxygen atoms in total. The van der Waals surface area contributed by atoms with Gasteiger partial charge in [0.1, 0.15) is 5.75 Å². The molecule has 3 heteroatoms. The Bertz CT molecular complexity index is 610. The van der Waals surface area contributed by atoms with Gasteiger partial charge in [-0.25, -0.2) is 0 Å². The fourth-order valence-electron chi connectivity index (χ4n) is 2.24. The van der Waals surface area contributed by atoms with Crippen molar-refractivity contribution in [3.63, 3.8) is 0 Å². The molecule has 116 valence electrons. The predicted octanol–water partition coefficient (Wildman–Crippen LogP) is 3.68. The van der Waals surface area contributed by atoms with E-state index < -0.39 is 6.10 Å². The third-order valence-corrected chi connectivity index (χ3v) is 3.62. The minimum atomic E-state index is -0.509. The number of ether oxygens (including phenoxy) is 1. The van der Waals surface area contributed by atoms with Crippen molar-refractivity contribution in [3.8, 4) is 5.75 Å². The average Bonchev–Trinajstić information content (AvgIpc) is 2.53. The summed E-state index contributed by atoms with van der Waals surface area (Å²) in [6, 6.07) is 17.9. The molecule has 0 saturated heterocycles. The second kappa shape index (κ2) is 7.64. The fourth-order valence-corrected chi connectivity index (χ4v) is 2.24. The zero-order chi connectivity index (χ0) is 15.9. The molecule has 0 radical (unpaired) electrons. The van der Waals surface area contributed by atoms with Crippen LogP contribution in [0.5, 0.6) is 5.75 Å². The zero-order valence-electron chi connectivity index (χ0n) is 13.4. The highest BCUT2D eigenvalue weighted by molar-refractivity contribution is 5.80. The van der Waals surface area contributed by atoms with Gasteiger partial charge in [0.15, 0.2) is 6.10 Å². The van der Waals surface area contributed by atoms with Crippen molar-refractivity contribution < 1.29 is 9.53 Å². The van der Waals surface area contributed by atoms with Gasteiger partial charge in [-0.1, -0.05) is 49.4 Å². The Labute approximate surface area is 132 Å². The highest BCUT2D eigenvalue weighted by atomic mass is 16.5. The van der Waals surface area contributed by atoms with Crippen LogP contribution < -0.4 is 10.1 Å². The lowest BCUT2D eigenvalue weighted by Crippen LogP contribution is -2.38. The van der Waals surface area contributed by atoms with Crippen LogP contribution in [0.1, 0.15) is 30.9 Å². The number of carbonyl (C=O) groups is 1. The Balaban J connectivity index is 1.84. The topological polar surface area (TPSA) is 38.3 Å². The summed E-state index contributed by atoms with van der Waals surface area (Å²) in [5.41, 5.74) is 2.33. The molecular weight excluding hydrogens is 274 g/mol. The molecule has 0 aromatic heterocycles. The van der Waals surface area contributed by atoms with Crippen molar-refractivity contribution >= 4 is 5.91 Å². The number of amides is 1. The Kier molecular flexibility index (Phi) is 5.59. The molecule has 2 atom stereocenters. The molecule has 0 aliphatic rings. The Morgan fingerprint density at radius 3 is 2.50 bits per heavy atom. The lowest BCUT2D eigenvalue weighted by molar-refractivity contribution is -0.127. The van der Waals surface area contributed by atoms with Crippen LogP contribution >= 0.6 is 0 Å². The molecule has 0 aliphatic heterocycles. The van der Waals surface area contributed by atoms with Gasteiger partial charge in [0.2, 0.25) is 0 Å². The maximum Gasteiger partial charge on any atom is 0.260 e. The molecule has 22 heavy (non-hydrogen) atoms. The van der Waals surface area contributed by atoms with Crippen LogP contribution in [0.3, 0.4) is 0 Å². The van der Waals surface area contributed by atoms with Crippen LogP contribution in [0.25, 0.3) is 0 Å². The van der Waals surface area contributed by atoms with E-state index in [0.29, 0.717) is 6.54 Å². The smallest absolute Gasteiger partial charge is 0.260 e. The molecule has 2 aromatic carbocycles. The van der Waals surface area contributed by atoms with E-state index in [-0.39, 0.29) is 11.8 Å². The summed E-state index contributed by atoms with van der Waals surface area (Å²) in [6.45, 7) is 6.47. The minimum absolute atomic E-state index is 0.0933. The van der Waals surface area contributed by atoms with E-state index in [0.717, 1.165) is 11.3 Å². The van der Waals surface area contributed by atoms with Gasteiger partial charge in [0.05, 0.1) is 0 Å². The number of rotatable bonds is 6. The van der Waals surface area contributed by atoms with Crippen LogP contribution in [-0.2, 0) is 4.79 Å². The Morgan fingerprint density at radius 2 is 1.82 bits per heavy atom. The number of carbonyl (C=O) groups excluding carboxylic acids is 1. The molecule has 0 aliphatic carbocycles. The average molecular weight is 297 g/mol.